The maximum atomic E-state index is 12.2. The van der Waals surface area contributed by atoms with Crippen molar-refractivity contribution in [1.82, 2.24) is 5.32 Å². The second-order valence-electron chi connectivity index (χ2n) is 5.40. The molecule has 1 rings (SSSR count). The highest BCUT2D eigenvalue weighted by Crippen LogP contribution is 2.19. The van der Waals surface area contributed by atoms with E-state index in [2.05, 4.69) is 43.5 Å². The van der Waals surface area contributed by atoms with Gasteiger partial charge in [-0.15, -0.1) is 0 Å². The van der Waals surface area contributed by atoms with Crippen LogP contribution in [0.3, 0.4) is 0 Å². The van der Waals surface area contributed by atoms with Gasteiger partial charge in [0.25, 0.3) is 0 Å². The van der Waals surface area contributed by atoms with Gasteiger partial charge in [-0.1, -0.05) is 38.8 Å². The zero-order valence-corrected chi connectivity index (χ0v) is 13.2. The smallest absolute Gasteiger partial charge is 0.227 e. The summed E-state index contributed by atoms with van der Waals surface area (Å²) in [4.78, 5) is 12.2. The van der Waals surface area contributed by atoms with Gasteiger partial charge in [0.1, 0.15) is 0 Å². The number of anilines is 1. The van der Waals surface area contributed by atoms with Crippen LogP contribution in [0.25, 0.3) is 0 Å². The summed E-state index contributed by atoms with van der Waals surface area (Å²) < 4.78 is 0. The molecule has 0 heterocycles. The molecule has 0 aliphatic heterocycles. The lowest BCUT2D eigenvalue weighted by Crippen LogP contribution is -2.22. The van der Waals surface area contributed by atoms with Gasteiger partial charge < -0.3 is 10.6 Å². The summed E-state index contributed by atoms with van der Waals surface area (Å²) in [6, 6.07) is 8.41. The second kappa shape index (κ2) is 8.75. The van der Waals surface area contributed by atoms with E-state index < -0.39 is 0 Å². The molecule has 0 aromatic heterocycles. The number of rotatable bonds is 8. The Labute approximate surface area is 123 Å². The Morgan fingerprint density at radius 3 is 2.10 bits per heavy atom. The Morgan fingerprint density at radius 1 is 1.10 bits per heavy atom. The Bertz CT molecular complexity index is 394. The number of carbonyl (C=O) groups excluding carboxylic acids is 1. The Kier molecular flexibility index (Phi) is 7.31. The summed E-state index contributed by atoms with van der Waals surface area (Å²) in [5.41, 5.74) is 2.11. The summed E-state index contributed by atoms with van der Waals surface area (Å²) in [6.45, 7) is 6.37. The molecular weight excluding hydrogens is 248 g/mol. The van der Waals surface area contributed by atoms with E-state index in [0.717, 1.165) is 31.4 Å². The van der Waals surface area contributed by atoms with Crippen molar-refractivity contribution >= 4 is 11.6 Å². The molecule has 0 spiro atoms. The third-order valence-corrected chi connectivity index (χ3v) is 3.76. The van der Waals surface area contributed by atoms with E-state index in [0.29, 0.717) is 6.04 Å². The van der Waals surface area contributed by atoms with Gasteiger partial charge in [0.05, 0.1) is 0 Å². The van der Waals surface area contributed by atoms with Crippen LogP contribution in [0.5, 0.6) is 0 Å². The predicted octanol–water partition coefficient (Wildman–Crippen LogP) is 4.12. The van der Waals surface area contributed by atoms with Crippen molar-refractivity contribution in [2.75, 3.05) is 12.4 Å². The summed E-state index contributed by atoms with van der Waals surface area (Å²) >= 11 is 0. The zero-order valence-electron chi connectivity index (χ0n) is 13.2. The maximum absolute atomic E-state index is 12.2. The fourth-order valence-corrected chi connectivity index (χ4v) is 2.37. The third-order valence-electron chi connectivity index (χ3n) is 3.76. The van der Waals surface area contributed by atoms with Gasteiger partial charge in [-0.05, 0) is 44.5 Å². The van der Waals surface area contributed by atoms with Crippen LogP contribution < -0.4 is 10.6 Å². The quantitative estimate of drug-likeness (QED) is 0.750. The molecule has 1 amide bonds. The van der Waals surface area contributed by atoms with Crippen LogP contribution >= 0.6 is 0 Å². The minimum atomic E-state index is 0.140. The highest BCUT2D eigenvalue weighted by Gasteiger charge is 2.16. The molecule has 0 saturated heterocycles. The van der Waals surface area contributed by atoms with E-state index in [1.165, 1.54) is 5.56 Å². The molecule has 0 aliphatic carbocycles. The van der Waals surface area contributed by atoms with Gasteiger partial charge in [-0.3, -0.25) is 4.79 Å². The average Bonchev–Trinajstić information content (AvgIpc) is 2.47. The first-order valence-electron chi connectivity index (χ1n) is 7.70. The first kappa shape index (κ1) is 16.7. The average molecular weight is 276 g/mol. The molecule has 0 fully saturated rings. The number of amides is 1. The zero-order chi connectivity index (χ0) is 15.0. The normalized spacial score (nSPS) is 12.4. The topological polar surface area (TPSA) is 41.1 Å². The van der Waals surface area contributed by atoms with Crippen molar-refractivity contribution < 1.29 is 4.79 Å². The summed E-state index contributed by atoms with van der Waals surface area (Å²) in [5, 5.41) is 6.24. The molecule has 0 radical (unpaired) electrons. The highest BCUT2D eigenvalue weighted by atomic mass is 16.1. The molecule has 3 nitrogen and oxygen atoms in total. The summed E-state index contributed by atoms with van der Waals surface area (Å²) in [5.74, 6) is 0.295. The number of hydrogen-bond donors (Lipinski definition) is 2. The first-order valence-corrected chi connectivity index (χ1v) is 7.70. The van der Waals surface area contributed by atoms with Crippen molar-refractivity contribution in [2.45, 2.75) is 52.5 Å². The molecule has 0 bridgehead atoms. The van der Waals surface area contributed by atoms with E-state index in [4.69, 9.17) is 0 Å². The molecule has 0 saturated carbocycles. The predicted molar refractivity (Wildman–Crippen MR) is 85.9 cm³/mol. The van der Waals surface area contributed by atoms with E-state index in [-0.39, 0.29) is 11.8 Å². The largest absolute Gasteiger partial charge is 0.326 e. The Hall–Kier alpha value is -1.35. The van der Waals surface area contributed by atoms with E-state index in [1.54, 1.807) is 0 Å². The minimum Gasteiger partial charge on any atom is -0.326 e. The molecule has 1 atom stereocenters. The SMILES string of the molecule is CCCC(CCC)C(=O)Nc1ccc(C(C)NC)cc1. The minimum absolute atomic E-state index is 0.140. The Morgan fingerprint density at radius 2 is 1.65 bits per heavy atom. The number of carbonyl (C=O) groups is 1. The van der Waals surface area contributed by atoms with Crippen LogP contribution in [0.4, 0.5) is 5.69 Å². The highest BCUT2D eigenvalue weighted by molar-refractivity contribution is 5.92. The molecule has 1 unspecified atom stereocenters. The van der Waals surface area contributed by atoms with E-state index >= 15 is 0 Å². The molecule has 0 aliphatic rings. The third kappa shape index (κ3) is 4.97. The lowest BCUT2D eigenvalue weighted by Gasteiger charge is -2.16. The van der Waals surface area contributed by atoms with Crippen molar-refractivity contribution in [3.63, 3.8) is 0 Å². The lowest BCUT2D eigenvalue weighted by molar-refractivity contribution is -0.120. The van der Waals surface area contributed by atoms with Crippen molar-refractivity contribution in [1.29, 1.82) is 0 Å². The summed E-state index contributed by atoms with van der Waals surface area (Å²) in [7, 11) is 1.94. The van der Waals surface area contributed by atoms with E-state index in [9.17, 15) is 4.79 Å². The monoisotopic (exact) mass is 276 g/mol. The van der Waals surface area contributed by atoms with Crippen LogP contribution in [-0.4, -0.2) is 13.0 Å². The number of benzene rings is 1. The fourth-order valence-electron chi connectivity index (χ4n) is 2.37. The van der Waals surface area contributed by atoms with Gasteiger partial charge >= 0.3 is 0 Å². The van der Waals surface area contributed by atoms with Gasteiger partial charge in [0.2, 0.25) is 5.91 Å². The molecule has 1 aromatic rings. The fraction of sp³-hybridized carbons (Fsp3) is 0.588. The van der Waals surface area contributed by atoms with Gasteiger partial charge in [0.15, 0.2) is 0 Å². The van der Waals surface area contributed by atoms with Crippen molar-refractivity contribution in [3.05, 3.63) is 29.8 Å². The number of hydrogen-bond acceptors (Lipinski definition) is 2. The van der Waals surface area contributed by atoms with Crippen LogP contribution in [0.15, 0.2) is 24.3 Å². The maximum Gasteiger partial charge on any atom is 0.227 e. The lowest BCUT2D eigenvalue weighted by atomic mass is 9.97. The van der Waals surface area contributed by atoms with Crippen LogP contribution in [0, 0.1) is 5.92 Å². The summed E-state index contributed by atoms with van der Waals surface area (Å²) in [6.07, 6.45) is 4.04. The van der Waals surface area contributed by atoms with Gasteiger partial charge in [0, 0.05) is 17.6 Å². The second-order valence-corrected chi connectivity index (χ2v) is 5.40. The Balaban J connectivity index is 2.65. The van der Waals surface area contributed by atoms with Gasteiger partial charge in [-0.2, -0.15) is 0 Å². The molecule has 112 valence electrons. The standard InChI is InChI=1S/C17H28N2O/c1-5-7-15(8-6-2)17(20)19-16-11-9-14(10-12-16)13(3)18-4/h9-13,15,18H,5-8H2,1-4H3,(H,19,20). The van der Waals surface area contributed by atoms with Crippen molar-refractivity contribution in [2.24, 2.45) is 5.92 Å². The van der Waals surface area contributed by atoms with Gasteiger partial charge in [-0.25, -0.2) is 0 Å². The molecule has 1 aromatic carbocycles. The van der Waals surface area contributed by atoms with Crippen LogP contribution in [-0.2, 0) is 4.79 Å². The number of nitrogens with one attached hydrogen (secondary N) is 2. The molecule has 3 heteroatoms. The first-order chi connectivity index (χ1) is 9.62. The van der Waals surface area contributed by atoms with Crippen LogP contribution in [0.1, 0.15) is 58.1 Å². The van der Waals surface area contributed by atoms with Crippen molar-refractivity contribution in [3.8, 4) is 0 Å². The molecule has 2 N–H and O–H groups in total. The molecule has 20 heavy (non-hydrogen) atoms. The van der Waals surface area contributed by atoms with Crippen LogP contribution in [0.2, 0.25) is 0 Å². The van der Waals surface area contributed by atoms with E-state index in [1.807, 2.05) is 19.2 Å². The molecular formula is C17H28N2O.